The highest BCUT2D eigenvalue weighted by Gasteiger charge is 2.50. The van der Waals surface area contributed by atoms with E-state index in [1.165, 1.54) is 141 Å². The Kier molecular flexibility index (Phi) is 46.8. The van der Waals surface area contributed by atoms with E-state index >= 15 is 0 Å². The van der Waals surface area contributed by atoms with Gasteiger partial charge >= 0.3 is 23.9 Å². The highest BCUT2D eigenvalue weighted by Crippen LogP contribution is 2.27. The second kappa shape index (κ2) is 50.0. The van der Waals surface area contributed by atoms with E-state index in [9.17, 15) is 34.5 Å². The Morgan fingerprint density at radius 1 is 0.452 bits per heavy atom. The number of carboxylic acid groups (broad SMARTS) is 1. The Balaban J connectivity index is 2.62. The fourth-order valence-corrected chi connectivity index (χ4v) is 9.34. The van der Waals surface area contributed by atoms with E-state index in [4.69, 9.17) is 23.7 Å². The molecule has 73 heavy (non-hydrogen) atoms. The van der Waals surface area contributed by atoms with E-state index in [-0.39, 0.29) is 25.9 Å². The van der Waals surface area contributed by atoms with Crippen molar-refractivity contribution in [2.45, 2.75) is 327 Å². The molecule has 0 aliphatic carbocycles. The van der Waals surface area contributed by atoms with Crippen molar-refractivity contribution in [3.05, 3.63) is 24.3 Å². The Bertz CT molecular complexity index is 1370. The average Bonchev–Trinajstić information content (AvgIpc) is 3.37. The predicted octanol–water partition coefficient (Wildman–Crippen LogP) is 15.5. The zero-order valence-corrected chi connectivity index (χ0v) is 46.9. The number of allylic oxidation sites excluding steroid dienone is 4. The van der Waals surface area contributed by atoms with E-state index in [1.807, 2.05) is 0 Å². The third-order valence-corrected chi connectivity index (χ3v) is 14.0. The van der Waals surface area contributed by atoms with E-state index in [2.05, 4.69) is 45.1 Å². The SMILES string of the molecule is CCCCC/C=C\C/C=C\CCCCCCCCCC(=O)OC1C(OCC(COC(=O)CCCCCCCCCCCCCCCCCCC)OC(=O)CCCCCCCCCCC)OC(C(=O)O)C(O)C1O. The number of carbonyl (C=O) groups excluding carboxylic acids is 3. The number of esters is 3. The second-order valence-corrected chi connectivity index (χ2v) is 21.0. The van der Waals surface area contributed by atoms with Crippen LogP contribution >= 0.6 is 0 Å². The molecule has 1 saturated heterocycles. The zero-order valence-electron chi connectivity index (χ0n) is 46.9. The van der Waals surface area contributed by atoms with Crippen molar-refractivity contribution >= 4 is 23.9 Å². The number of ether oxygens (including phenoxy) is 5. The highest BCUT2D eigenvalue weighted by molar-refractivity contribution is 5.74. The fourth-order valence-electron chi connectivity index (χ4n) is 9.34. The summed E-state index contributed by atoms with van der Waals surface area (Å²) in [4.78, 5) is 51.0. The molecule has 1 fully saturated rings. The molecule has 0 radical (unpaired) electrons. The van der Waals surface area contributed by atoms with Crippen LogP contribution in [-0.2, 0) is 42.9 Å². The van der Waals surface area contributed by atoms with Crippen LogP contribution in [0.25, 0.3) is 0 Å². The molecule has 426 valence electrons. The molecule has 0 amide bonds. The maximum atomic E-state index is 13.1. The van der Waals surface area contributed by atoms with Crippen LogP contribution in [0.5, 0.6) is 0 Å². The molecule has 1 aliphatic rings. The van der Waals surface area contributed by atoms with Crippen molar-refractivity contribution in [1.29, 1.82) is 0 Å². The Morgan fingerprint density at radius 2 is 0.822 bits per heavy atom. The zero-order chi connectivity index (χ0) is 53.3. The molecular weight excluding hydrogens is 925 g/mol. The quantitative estimate of drug-likeness (QED) is 0.0228. The largest absolute Gasteiger partial charge is 0.479 e. The highest BCUT2D eigenvalue weighted by atomic mass is 16.7. The lowest BCUT2D eigenvalue weighted by Gasteiger charge is -2.40. The minimum atomic E-state index is -1.90. The molecule has 0 aromatic rings. The van der Waals surface area contributed by atoms with E-state index in [0.717, 1.165) is 89.9 Å². The van der Waals surface area contributed by atoms with Crippen LogP contribution in [0.1, 0.15) is 290 Å². The first kappa shape index (κ1) is 68.2. The van der Waals surface area contributed by atoms with Crippen molar-refractivity contribution in [3.63, 3.8) is 0 Å². The summed E-state index contributed by atoms with van der Waals surface area (Å²) in [6.45, 7) is 5.97. The summed E-state index contributed by atoms with van der Waals surface area (Å²) in [7, 11) is 0. The van der Waals surface area contributed by atoms with Crippen LogP contribution in [0.2, 0.25) is 0 Å². The molecule has 0 saturated carbocycles. The Labute approximate surface area is 445 Å². The summed E-state index contributed by atoms with van der Waals surface area (Å²) in [5, 5.41) is 31.5. The molecule has 3 N–H and O–H groups in total. The topological polar surface area (TPSA) is 175 Å². The fraction of sp³-hybridized carbons (Fsp3) is 0.869. The molecule has 1 aliphatic heterocycles. The molecule has 0 bridgehead atoms. The monoisotopic (exact) mass is 1030 g/mol. The van der Waals surface area contributed by atoms with Gasteiger partial charge in [0.05, 0.1) is 6.61 Å². The van der Waals surface area contributed by atoms with Crippen LogP contribution in [-0.4, -0.2) is 89.2 Å². The summed E-state index contributed by atoms with van der Waals surface area (Å²) < 4.78 is 28.4. The number of unbranched alkanes of at least 4 members (excludes halogenated alkanes) is 34. The van der Waals surface area contributed by atoms with Crippen LogP contribution in [0, 0.1) is 0 Å². The summed E-state index contributed by atoms with van der Waals surface area (Å²) in [5.41, 5.74) is 0. The van der Waals surface area contributed by atoms with Crippen molar-refractivity contribution < 1.29 is 58.2 Å². The number of aliphatic hydroxyl groups excluding tert-OH is 2. The van der Waals surface area contributed by atoms with Crippen molar-refractivity contribution in [3.8, 4) is 0 Å². The molecule has 0 aromatic heterocycles. The lowest BCUT2D eigenvalue weighted by Crippen LogP contribution is -2.61. The van der Waals surface area contributed by atoms with Crippen molar-refractivity contribution in [2.24, 2.45) is 0 Å². The van der Waals surface area contributed by atoms with Crippen LogP contribution in [0.15, 0.2) is 24.3 Å². The van der Waals surface area contributed by atoms with Gasteiger partial charge in [-0.3, -0.25) is 14.4 Å². The van der Waals surface area contributed by atoms with Gasteiger partial charge in [0, 0.05) is 19.3 Å². The molecule has 1 heterocycles. The molecule has 1 rings (SSSR count). The number of aliphatic carboxylic acids is 1. The van der Waals surface area contributed by atoms with Gasteiger partial charge < -0.3 is 39.0 Å². The van der Waals surface area contributed by atoms with Gasteiger partial charge in [-0.05, 0) is 51.4 Å². The third-order valence-electron chi connectivity index (χ3n) is 14.0. The van der Waals surface area contributed by atoms with Gasteiger partial charge in [0.1, 0.15) is 18.8 Å². The number of carbonyl (C=O) groups is 4. The van der Waals surface area contributed by atoms with Gasteiger partial charge in [-0.1, -0.05) is 244 Å². The lowest BCUT2D eigenvalue weighted by atomic mass is 9.98. The van der Waals surface area contributed by atoms with Crippen molar-refractivity contribution in [1.82, 2.24) is 0 Å². The minimum absolute atomic E-state index is 0.0563. The van der Waals surface area contributed by atoms with Gasteiger partial charge in [0.2, 0.25) is 0 Å². The molecule has 6 atom stereocenters. The van der Waals surface area contributed by atoms with Crippen LogP contribution < -0.4 is 0 Å². The number of rotatable bonds is 52. The molecule has 12 heteroatoms. The number of aliphatic hydroxyl groups is 2. The lowest BCUT2D eigenvalue weighted by molar-refractivity contribution is -0.301. The number of hydrogen-bond donors (Lipinski definition) is 3. The summed E-state index contributed by atoms with van der Waals surface area (Å²) >= 11 is 0. The van der Waals surface area contributed by atoms with Gasteiger partial charge in [0.25, 0.3) is 0 Å². The summed E-state index contributed by atoms with van der Waals surface area (Å²) in [6.07, 6.45) is 44.4. The van der Waals surface area contributed by atoms with Crippen molar-refractivity contribution in [2.75, 3.05) is 13.2 Å². The molecule has 12 nitrogen and oxygen atoms in total. The second-order valence-electron chi connectivity index (χ2n) is 21.0. The first-order chi connectivity index (χ1) is 35.6. The molecule has 0 spiro atoms. The Morgan fingerprint density at radius 3 is 1.26 bits per heavy atom. The first-order valence-corrected chi connectivity index (χ1v) is 30.3. The van der Waals surface area contributed by atoms with Crippen LogP contribution in [0.4, 0.5) is 0 Å². The third kappa shape index (κ3) is 40.2. The average molecular weight is 1040 g/mol. The van der Waals surface area contributed by atoms with E-state index < -0.39 is 67.3 Å². The first-order valence-electron chi connectivity index (χ1n) is 30.3. The van der Waals surface area contributed by atoms with Crippen LogP contribution in [0.3, 0.4) is 0 Å². The smallest absolute Gasteiger partial charge is 0.335 e. The van der Waals surface area contributed by atoms with E-state index in [0.29, 0.717) is 19.3 Å². The van der Waals surface area contributed by atoms with Gasteiger partial charge in [-0.25, -0.2) is 4.79 Å². The maximum Gasteiger partial charge on any atom is 0.335 e. The Hall–Kier alpha value is -2.80. The number of carboxylic acids is 1. The molecular formula is C61H110O12. The normalized spacial score (nSPS) is 18.4. The minimum Gasteiger partial charge on any atom is -0.479 e. The maximum absolute atomic E-state index is 13.1. The molecule has 0 aromatic carbocycles. The predicted molar refractivity (Wildman–Crippen MR) is 294 cm³/mol. The summed E-state index contributed by atoms with van der Waals surface area (Å²) in [6, 6.07) is 0. The van der Waals surface area contributed by atoms with Gasteiger partial charge in [0.15, 0.2) is 24.6 Å². The summed E-state index contributed by atoms with van der Waals surface area (Å²) in [5.74, 6) is -3.10. The van der Waals surface area contributed by atoms with E-state index in [1.54, 1.807) is 0 Å². The number of hydrogen-bond acceptors (Lipinski definition) is 11. The standard InChI is InChI=1S/C61H110O12/c1-4-7-10-13-16-19-21-23-25-27-29-31-33-36-38-41-44-47-53(62)69-50-52(71-54(63)48-45-42-39-35-18-15-12-9-6-3)51-70-61-59(57(66)56(65)58(73-61)60(67)68)72-55(64)49-46-43-40-37-34-32-30-28-26-24-22-20-17-14-11-8-5-2/h17,20,24,26,52,56-59,61,65-66H,4-16,18-19,21-23,25,27-51H2,1-3H3,(H,67,68)/b20-17-,26-24-. The van der Waals surface area contributed by atoms with Gasteiger partial charge in [-0.15, -0.1) is 0 Å². The molecule has 6 unspecified atom stereocenters. The van der Waals surface area contributed by atoms with Gasteiger partial charge in [-0.2, -0.15) is 0 Å².